The fourth-order valence-corrected chi connectivity index (χ4v) is 6.04. The van der Waals surface area contributed by atoms with Gasteiger partial charge in [-0.25, -0.2) is 14.4 Å². The van der Waals surface area contributed by atoms with Crippen molar-refractivity contribution in [2.75, 3.05) is 31.6 Å². The molecule has 0 bridgehead atoms. The van der Waals surface area contributed by atoms with Crippen LogP contribution in [0.15, 0.2) is 72.8 Å². The Bertz CT molecular complexity index is 2030. The Kier molecular flexibility index (Phi) is 8.19. The maximum atomic E-state index is 14.8. The number of imidazole rings is 1. The number of halogens is 1. The number of amides is 1. The molecule has 0 spiro atoms. The maximum Gasteiger partial charge on any atom is 0.224 e. The lowest BCUT2D eigenvalue weighted by Gasteiger charge is -2.15. The normalized spacial score (nSPS) is 13.7. The van der Waals surface area contributed by atoms with Crippen molar-refractivity contribution in [3.63, 3.8) is 0 Å². The summed E-state index contributed by atoms with van der Waals surface area (Å²) in [6.07, 6.45) is 2.90. The van der Waals surface area contributed by atoms with Crippen molar-refractivity contribution in [3.8, 4) is 39.7 Å². The number of nitrogens with zero attached hydrogens (tertiary/aromatic N) is 4. The number of aromatic nitrogens is 5. The van der Waals surface area contributed by atoms with E-state index in [-0.39, 0.29) is 17.6 Å². The van der Waals surface area contributed by atoms with Crippen molar-refractivity contribution >= 4 is 33.7 Å². The Morgan fingerprint density at radius 3 is 2.65 bits per heavy atom. The zero-order valence-electron chi connectivity index (χ0n) is 25.9. The molecule has 1 aliphatic heterocycles. The number of H-pyrrole nitrogens is 2. The summed E-state index contributed by atoms with van der Waals surface area (Å²) >= 11 is 0. The highest BCUT2D eigenvalue weighted by molar-refractivity contribution is 5.97. The van der Waals surface area contributed by atoms with Crippen LogP contribution in [0.1, 0.15) is 33.1 Å². The van der Waals surface area contributed by atoms with Gasteiger partial charge in [-0.2, -0.15) is 5.10 Å². The van der Waals surface area contributed by atoms with Crippen LogP contribution >= 0.6 is 0 Å². The molecule has 3 aromatic heterocycles. The number of fused-ring (bicyclic) bond motifs is 2. The summed E-state index contributed by atoms with van der Waals surface area (Å²) in [6, 6.07) is 22.1. The molecule has 10 heteroatoms. The van der Waals surface area contributed by atoms with Crippen molar-refractivity contribution < 1.29 is 13.9 Å². The van der Waals surface area contributed by atoms with Crippen molar-refractivity contribution in [3.05, 3.63) is 78.6 Å². The molecule has 3 N–H and O–H groups in total. The van der Waals surface area contributed by atoms with E-state index in [1.807, 2.05) is 74.5 Å². The summed E-state index contributed by atoms with van der Waals surface area (Å²) in [4.78, 5) is 28.0. The molecule has 6 aromatic rings. The maximum absolute atomic E-state index is 14.8. The Morgan fingerprint density at radius 2 is 1.80 bits per heavy atom. The van der Waals surface area contributed by atoms with Crippen LogP contribution in [-0.4, -0.2) is 62.2 Å². The van der Waals surface area contributed by atoms with Crippen molar-refractivity contribution in [1.82, 2.24) is 30.0 Å². The Balaban J connectivity index is 1.18. The number of aromatic amines is 2. The summed E-state index contributed by atoms with van der Waals surface area (Å²) in [7, 11) is 0. The number of hydrogen-bond acceptors (Lipinski definition) is 6. The van der Waals surface area contributed by atoms with Crippen LogP contribution < -0.4 is 10.1 Å². The van der Waals surface area contributed by atoms with Gasteiger partial charge in [-0.3, -0.25) is 14.8 Å². The molecule has 0 atom stereocenters. The zero-order valence-corrected chi connectivity index (χ0v) is 25.9. The number of nitrogens with one attached hydrogen (secondary N) is 3. The van der Waals surface area contributed by atoms with Crippen LogP contribution in [0, 0.1) is 11.7 Å². The summed E-state index contributed by atoms with van der Waals surface area (Å²) < 4.78 is 20.8. The minimum atomic E-state index is -0.361. The number of anilines is 1. The monoisotopic (exact) mass is 617 g/mol. The molecule has 0 unspecified atom stereocenters. The number of benzene rings is 3. The van der Waals surface area contributed by atoms with Gasteiger partial charge in [0.2, 0.25) is 5.91 Å². The number of carbonyl (C=O) groups excluding carboxylic acids is 1. The largest absolute Gasteiger partial charge is 0.492 e. The first-order chi connectivity index (χ1) is 22.4. The molecule has 4 heterocycles. The first-order valence-corrected chi connectivity index (χ1v) is 15.8. The molecule has 9 nitrogen and oxygen atoms in total. The summed E-state index contributed by atoms with van der Waals surface area (Å²) in [6.45, 7) is 7.56. The SMILES string of the molecule is CC(C)CC(=O)Nc1cccc(-c2ccc3[nH]nc(-c4nc5c(-c6cc(F)cc(OCCN7CCCC7)c6)cccc5[nH]4)c3n2)c1. The molecular weight excluding hydrogens is 581 g/mol. The fraction of sp³-hybridized carbons (Fsp3) is 0.278. The van der Waals surface area contributed by atoms with Crippen molar-refractivity contribution in [2.45, 2.75) is 33.1 Å². The van der Waals surface area contributed by atoms with Gasteiger partial charge in [0.1, 0.15) is 23.7 Å². The average Bonchev–Trinajstić information content (AvgIpc) is 3.80. The van der Waals surface area contributed by atoms with Crippen LogP contribution in [0.4, 0.5) is 10.1 Å². The second-order valence-electron chi connectivity index (χ2n) is 12.3. The molecule has 0 saturated carbocycles. The van der Waals surface area contributed by atoms with Crippen molar-refractivity contribution in [2.24, 2.45) is 5.92 Å². The van der Waals surface area contributed by atoms with Gasteiger partial charge in [0.25, 0.3) is 0 Å². The van der Waals surface area contributed by atoms with Gasteiger partial charge >= 0.3 is 0 Å². The summed E-state index contributed by atoms with van der Waals surface area (Å²) in [5.74, 6) is 0.944. The number of ether oxygens (including phenoxy) is 1. The minimum absolute atomic E-state index is 0.0172. The van der Waals surface area contributed by atoms with E-state index >= 15 is 0 Å². The van der Waals surface area contributed by atoms with Crippen LogP contribution in [0.5, 0.6) is 5.75 Å². The van der Waals surface area contributed by atoms with Gasteiger partial charge in [-0.15, -0.1) is 0 Å². The van der Waals surface area contributed by atoms with Gasteiger partial charge in [0.05, 0.1) is 22.2 Å². The molecule has 234 valence electrons. The minimum Gasteiger partial charge on any atom is -0.492 e. The summed E-state index contributed by atoms with van der Waals surface area (Å²) in [5, 5.41) is 10.6. The first kappa shape index (κ1) is 29.6. The number of pyridine rings is 1. The molecule has 3 aromatic carbocycles. The Hall–Kier alpha value is -5.09. The van der Waals surface area contributed by atoms with E-state index in [1.165, 1.54) is 25.0 Å². The number of carbonyl (C=O) groups is 1. The van der Waals surface area contributed by atoms with Gasteiger partial charge in [-0.05, 0) is 79.9 Å². The number of hydrogen-bond donors (Lipinski definition) is 3. The average molecular weight is 618 g/mol. The zero-order chi connectivity index (χ0) is 31.6. The molecule has 1 fully saturated rings. The molecule has 7 rings (SSSR count). The molecule has 1 saturated heterocycles. The predicted molar refractivity (Wildman–Crippen MR) is 179 cm³/mol. The van der Waals surface area contributed by atoms with Gasteiger partial charge in [0.15, 0.2) is 11.5 Å². The van der Waals surface area contributed by atoms with E-state index in [0.717, 1.165) is 53.2 Å². The van der Waals surface area contributed by atoms with E-state index in [9.17, 15) is 9.18 Å². The molecule has 0 aliphatic carbocycles. The van der Waals surface area contributed by atoms with E-state index in [2.05, 4.69) is 25.4 Å². The third-order valence-corrected chi connectivity index (χ3v) is 8.24. The lowest BCUT2D eigenvalue weighted by molar-refractivity contribution is -0.116. The van der Waals surface area contributed by atoms with Crippen LogP contribution in [0.25, 0.3) is 56.0 Å². The van der Waals surface area contributed by atoms with Crippen molar-refractivity contribution in [1.29, 1.82) is 0 Å². The third-order valence-electron chi connectivity index (χ3n) is 8.24. The number of para-hydroxylation sites is 1. The van der Waals surface area contributed by atoms with E-state index in [4.69, 9.17) is 14.7 Å². The van der Waals surface area contributed by atoms with Gasteiger partial charge in [0, 0.05) is 35.8 Å². The fourth-order valence-electron chi connectivity index (χ4n) is 6.04. The lowest BCUT2D eigenvalue weighted by Crippen LogP contribution is -2.25. The number of likely N-dealkylation sites (tertiary alicyclic amines) is 1. The Labute approximate surface area is 266 Å². The smallest absolute Gasteiger partial charge is 0.224 e. The van der Waals surface area contributed by atoms with E-state index < -0.39 is 0 Å². The molecule has 1 amide bonds. The second-order valence-corrected chi connectivity index (χ2v) is 12.3. The molecule has 46 heavy (non-hydrogen) atoms. The molecular formula is C36H36FN7O2. The highest BCUT2D eigenvalue weighted by Crippen LogP contribution is 2.34. The van der Waals surface area contributed by atoms with Gasteiger partial charge < -0.3 is 15.0 Å². The van der Waals surface area contributed by atoms with E-state index in [0.29, 0.717) is 46.9 Å². The van der Waals surface area contributed by atoms with Crippen LogP contribution in [0.2, 0.25) is 0 Å². The molecule has 1 aliphatic rings. The topological polar surface area (TPSA) is 112 Å². The number of rotatable bonds is 10. The van der Waals surface area contributed by atoms with Crippen LogP contribution in [0.3, 0.4) is 0 Å². The predicted octanol–water partition coefficient (Wildman–Crippen LogP) is 7.43. The highest BCUT2D eigenvalue weighted by atomic mass is 19.1. The molecule has 0 radical (unpaired) electrons. The Morgan fingerprint density at radius 1 is 0.957 bits per heavy atom. The quantitative estimate of drug-likeness (QED) is 0.147. The van der Waals surface area contributed by atoms with Crippen LogP contribution in [-0.2, 0) is 4.79 Å². The standard InChI is InChI=1S/C36H36FN7O2/c1-22(2)17-32(45)38-26-8-5-7-23(19-26)29-11-12-31-34(39-29)35(43-42-31)36-40-30-10-6-9-28(33(30)41-36)24-18-25(37)21-27(20-24)46-16-15-44-13-3-4-14-44/h5-12,18-22H,3-4,13-17H2,1-2H3,(H,38,45)(H,40,41)(H,42,43). The van der Waals surface area contributed by atoms with E-state index in [1.54, 1.807) is 0 Å². The summed E-state index contributed by atoms with van der Waals surface area (Å²) in [5.41, 5.74) is 7.30. The lowest BCUT2D eigenvalue weighted by atomic mass is 10.0. The highest BCUT2D eigenvalue weighted by Gasteiger charge is 2.18. The second kappa shape index (κ2) is 12.7. The van der Waals surface area contributed by atoms with Gasteiger partial charge in [-0.1, -0.05) is 38.1 Å². The first-order valence-electron chi connectivity index (χ1n) is 15.8. The third kappa shape index (κ3) is 6.34.